The quantitative estimate of drug-likeness (QED) is 0.243. The number of halogens is 3. The van der Waals surface area contributed by atoms with E-state index in [2.05, 4.69) is 5.32 Å². The fourth-order valence-corrected chi connectivity index (χ4v) is 4.38. The topological polar surface area (TPSA) is 58.6 Å². The van der Waals surface area contributed by atoms with Crippen LogP contribution < -0.4 is 10.1 Å². The van der Waals surface area contributed by atoms with Gasteiger partial charge in [0.15, 0.2) is 0 Å². The number of ether oxygens (including phenoxy) is 1. The van der Waals surface area contributed by atoms with E-state index in [1.807, 2.05) is 57.2 Å². The standard InChI is InChI=1S/C30H33Cl3N2O3/c1-30(2,3)34-29(37)27(19-21-8-5-4-6-9-21)35(20-22-11-16-25(32)26(33)18-22)28(36)10-7-17-38-24-14-12-23(31)13-15-24/h4-6,8-9,11-16,18,27H,7,10,17,19-20H2,1-3H3,(H,34,37)/t27-/m1/s1. The number of benzene rings is 3. The highest BCUT2D eigenvalue weighted by molar-refractivity contribution is 6.42. The van der Waals surface area contributed by atoms with Crippen molar-refractivity contribution in [2.45, 2.75) is 58.2 Å². The lowest BCUT2D eigenvalue weighted by Crippen LogP contribution is -2.54. The molecule has 0 saturated carbocycles. The lowest BCUT2D eigenvalue weighted by atomic mass is 10.00. The number of carbonyl (C=O) groups excluding carboxylic acids is 2. The highest BCUT2D eigenvalue weighted by atomic mass is 35.5. The third-order valence-electron chi connectivity index (χ3n) is 5.72. The lowest BCUT2D eigenvalue weighted by Gasteiger charge is -2.34. The molecule has 2 amide bonds. The summed E-state index contributed by atoms with van der Waals surface area (Å²) in [6.45, 7) is 6.32. The third kappa shape index (κ3) is 9.54. The molecule has 0 radical (unpaired) electrons. The molecule has 0 aliphatic carbocycles. The van der Waals surface area contributed by atoms with Crippen LogP contribution in [-0.4, -0.2) is 34.9 Å². The number of rotatable bonds is 11. The van der Waals surface area contributed by atoms with Crippen LogP contribution >= 0.6 is 34.8 Å². The van der Waals surface area contributed by atoms with Crippen molar-refractivity contribution >= 4 is 46.6 Å². The van der Waals surface area contributed by atoms with Crippen LogP contribution in [0.15, 0.2) is 72.8 Å². The number of hydrogen-bond acceptors (Lipinski definition) is 3. The van der Waals surface area contributed by atoms with Crippen LogP contribution in [0.5, 0.6) is 5.75 Å². The molecule has 1 atom stereocenters. The fraction of sp³-hybridized carbons (Fsp3) is 0.333. The van der Waals surface area contributed by atoms with Gasteiger partial charge in [0, 0.05) is 29.9 Å². The molecular weight excluding hydrogens is 543 g/mol. The van der Waals surface area contributed by atoms with Crippen LogP contribution in [0.3, 0.4) is 0 Å². The van der Waals surface area contributed by atoms with Crippen LogP contribution in [-0.2, 0) is 22.6 Å². The van der Waals surface area contributed by atoms with Gasteiger partial charge in [0.05, 0.1) is 16.7 Å². The van der Waals surface area contributed by atoms with Gasteiger partial charge in [0.1, 0.15) is 11.8 Å². The largest absolute Gasteiger partial charge is 0.494 e. The molecule has 3 aromatic carbocycles. The van der Waals surface area contributed by atoms with Gasteiger partial charge in [0.25, 0.3) is 0 Å². The monoisotopic (exact) mass is 574 g/mol. The predicted molar refractivity (Wildman–Crippen MR) is 155 cm³/mol. The zero-order valence-corrected chi connectivity index (χ0v) is 24.1. The predicted octanol–water partition coefficient (Wildman–Crippen LogP) is 7.36. The van der Waals surface area contributed by atoms with Gasteiger partial charge in [-0.1, -0.05) is 71.2 Å². The highest BCUT2D eigenvalue weighted by Crippen LogP contribution is 2.25. The van der Waals surface area contributed by atoms with E-state index in [1.165, 1.54) is 0 Å². The van der Waals surface area contributed by atoms with Gasteiger partial charge in [-0.15, -0.1) is 0 Å². The molecule has 3 rings (SSSR count). The summed E-state index contributed by atoms with van der Waals surface area (Å²) >= 11 is 18.3. The summed E-state index contributed by atoms with van der Waals surface area (Å²) in [7, 11) is 0. The Labute approximate surface area is 240 Å². The fourth-order valence-electron chi connectivity index (χ4n) is 3.93. The van der Waals surface area contributed by atoms with Gasteiger partial charge in [-0.25, -0.2) is 0 Å². The molecule has 0 fully saturated rings. The van der Waals surface area contributed by atoms with Crippen LogP contribution in [0, 0.1) is 0 Å². The Morgan fingerprint density at radius 1 is 0.895 bits per heavy atom. The summed E-state index contributed by atoms with van der Waals surface area (Å²) in [5.41, 5.74) is 1.28. The second kappa shape index (κ2) is 13.9. The van der Waals surface area contributed by atoms with E-state index in [0.717, 1.165) is 11.1 Å². The average Bonchev–Trinajstić information content (AvgIpc) is 2.86. The highest BCUT2D eigenvalue weighted by Gasteiger charge is 2.32. The van der Waals surface area contributed by atoms with Crippen LogP contribution in [0.2, 0.25) is 15.1 Å². The van der Waals surface area contributed by atoms with E-state index in [9.17, 15) is 9.59 Å². The molecule has 0 aliphatic rings. The zero-order chi connectivity index (χ0) is 27.7. The Hall–Kier alpha value is -2.73. The van der Waals surface area contributed by atoms with E-state index in [0.29, 0.717) is 40.3 Å². The first-order chi connectivity index (χ1) is 18.0. The summed E-state index contributed by atoms with van der Waals surface area (Å²) in [4.78, 5) is 28.9. The maximum Gasteiger partial charge on any atom is 0.243 e. The minimum absolute atomic E-state index is 0.152. The molecule has 0 aliphatic heterocycles. The van der Waals surface area contributed by atoms with Gasteiger partial charge in [-0.2, -0.15) is 0 Å². The number of carbonyl (C=O) groups is 2. The van der Waals surface area contributed by atoms with E-state index in [-0.39, 0.29) is 24.8 Å². The Morgan fingerprint density at radius 2 is 1.58 bits per heavy atom. The third-order valence-corrected chi connectivity index (χ3v) is 6.71. The number of amides is 2. The molecule has 0 saturated heterocycles. The first-order valence-electron chi connectivity index (χ1n) is 12.5. The normalized spacial score (nSPS) is 12.1. The van der Waals surface area contributed by atoms with Crippen molar-refractivity contribution in [2.24, 2.45) is 0 Å². The SMILES string of the molecule is CC(C)(C)NC(=O)[C@@H](Cc1ccccc1)N(Cc1ccc(Cl)c(Cl)c1)C(=O)CCCOc1ccc(Cl)cc1. The van der Waals surface area contributed by atoms with Crippen LogP contribution in [0.4, 0.5) is 0 Å². The number of nitrogens with zero attached hydrogens (tertiary/aromatic N) is 1. The Bertz CT molecular complexity index is 1210. The molecule has 1 N–H and O–H groups in total. The number of nitrogens with one attached hydrogen (secondary N) is 1. The molecule has 0 bridgehead atoms. The molecule has 5 nitrogen and oxygen atoms in total. The molecule has 0 heterocycles. The van der Waals surface area contributed by atoms with Crippen molar-refractivity contribution in [2.75, 3.05) is 6.61 Å². The van der Waals surface area contributed by atoms with Gasteiger partial charge in [-0.05, 0) is 74.7 Å². The minimum Gasteiger partial charge on any atom is -0.494 e. The molecule has 8 heteroatoms. The Kier molecular flexibility index (Phi) is 10.9. The Balaban J connectivity index is 1.83. The van der Waals surface area contributed by atoms with Gasteiger partial charge < -0.3 is 15.0 Å². The summed E-state index contributed by atoms with van der Waals surface area (Å²) in [6.07, 6.45) is 1.07. The van der Waals surface area contributed by atoms with Crippen LogP contribution in [0.1, 0.15) is 44.7 Å². The summed E-state index contributed by atoms with van der Waals surface area (Å²) in [6, 6.07) is 21.3. The van der Waals surface area contributed by atoms with Gasteiger partial charge >= 0.3 is 0 Å². The van der Waals surface area contributed by atoms with E-state index in [1.54, 1.807) is 41.3 Å². The maximum absolute atomic E-state index is 13.7. The van der Waals surface area contributed by atoms with Crippen molar-refractivity contribution in [3.8, 4) is 5.75 Å². The molecule has 0 unspecified atom stereocenters. The van der Waals surface area contributed by atoms with Gasteiger partial charge in [0.2, 0.25) is 11.8 Å². The van der Waals surface area contributed by atoms with Crippen molar-refractivity contribution in [3.63, 3.8) is 0 Å². The number of hydrogen-bond donors (Lipinski definition) is 1. The molecule has 0 aromatic heterocycles. The lowest BCUT2D eigenvalue weighted by molar-refractivity contribution is -0.142. The second-order valence-corrected chi connectivity index (χ2v) is 11.4. The summed E-state index contributed by atoms with van der Waals surface area (Å²) in [5, 5.41) is 4.51. The molecular formula is C30H33Cl3N2O3. The Morgan fingerprint density at radius 3 is 2.21 bits per heavy atom. The average molecular weight is 576 g/mol. The first kappa shape index (κ1) is 29.8. The van der Waals surface area contributed by atoms with Crippen molar-refractivity contribution in [3.05, 3.63) is 99.0 Å². The second-order valence-electron chi connectivity index (χ2n) is 10.1. The van der Waals surface area contributed by atoms with E-state index < -0.39 is 11.6 Å². The van der Waals surface area contributed by atoms with E-state index >= 15 is 0 Å². The molecule has 0 spiro atoms. The first-order valence-corrected chi connectivity index (χ1v) is 13.6. The smallest absolute Gasteiger partial charge is 0.243 e. The van der Waals surface area contributed by atoms with E-state index in [4.69, 9.17) is 39.5 Å². The van der Waals surface area contributed by atoms with Crippen molar-refractivity contribution < 1.29 is 14.3 Å². The molecule has 3 aromatic rings. The summed E-state index contributed by atoms with van der Waals surface area (Å²) < 4.78 is 5.77. The molecule has 38 heavy (non-hydrogen) atoms. The maximum atomic E-state index is 13.7. The summed E-state index contributed by atoms with van der Waals surface area (Å²) in [5.74, 6) is 0.314. The minimum atomic E-state index is -0.726. The zero-order valence-electron chi connectivity index (χ0n) is 21.8. The van der Waals surface area contributed by atoms with Crippen molar-refractivity contribution in [1.82, 2.24) is 10.2 Å². The molecule has 202 valence electrons. The van der Waals surface area contributed by atoms with Crippen molar-refractivity contribution in [1.29, 1.82) is 0 Å². The van der Waals surface area contributed by atoms with Crippen LogP contribution in [0.25, 0.3) is 0 Å². The van der Waals surface area contributed by atoms with Gasteiger partial charge in [-0.3, -0.25) is 9.59 Å².